The Bertz CT molecular complexity index is 325. The molecule has 1 aromatic rings. The van der Waals surface area contributed by atoms with Crippen LogP contribution in [0.15, 0.2) is 12.4 Å². The third-order valence-electron chi connectivity index (χ3n) is 1.79. The van der Waals surface area contributed by atoms with E-state index >= 15 is 0 Å². The topological polar surface area (TPSA) is 72.8 Å². The number of aromatic nitrogens is 2. The molecule has 0 atom stereocenters. The monoisotopic (exact) mass is 192 g/mol. The minimum atomic E-state index is -0.151. The summed E-state index contributed by atoms with van der Waals surface area (Å²) in [5, 5.41) is 14.8. The molecule has 0 unspecified atom stereocenters. The first-order valence-electron chi connectivity index (χ1n) is 4.44. The van der Waals surface area contributed by atoms with Crippen LogP contribution in [0.4, 0.5) is 0 Å². The molecule has 1 heterocycles. The van der Waals surface area contributed by atoms with Gasteiger partial charge in [-0.2, -0.15) is 10.4 Å². The number of H-pyrrole nitrogens is 1. The van der Waals surface area contributed by atoms with E-state index < -0.39 is 0 Å². The summed E-state index contributed by atoms with van der Waals surface area (Å²) in [6.07, 6.45) is 3.83. The number of aromatic amines is 1. The average molecular weight is 192 g/mol. The Kier molecular flexibility index (Phi) is 3.68. The molecule has 0 aliphatic rings. The van der Waals surface area contributed by atoms with Gasteiger partial charge in [-0.05, 0) is 6.42 Å². The summed E-state index contributed by atoms with van der Waals surface area (Å²) in [6, 6.07) is 1.97. The Balaban J connectivity index is 2.69. The molecule has 0 fully saturated rings. The zero-order chi connectivity index (χ0) is 10.4. The van der Waals surface area contributed by atoms with Gasteiger partial charge in [0.05, 0.1) is 17.8 Å². The summed E-state index contributed by atoms with van der Waals surface area (Å²) in [4.78, 5) is 13.2. The Hall–Kier alpha value is -1.83. The Morgan fingerprint density at radius 3 is 3.07 bits per heavy atom. The van der Waals surface area contributed by atoms with Crippen LogP contribution in [0.3, 0.4) is 0 Å². The highest BCUT2D eigenvalue weighted by atomic mass is 16.2. The van der Waals surface area contributed by atoms with Crippen LogP contribution in [0, 0.1) is 11.3 Å². The van der Waals surface area contributed by atoms with E-state index in [0.29, 0.717) is 12.1 Å². The van der Waals surface area contributed by atoms with Crippen molar-refractivity contribution in [2.24, 2.45) is 0 Å². The third-order valence-corrected chi connectivity index (χ3v) is 1.79. The van der Waals surface area contributed by atoms with Crippen molar-refractivity contribution in [3.63, 3.8) is 0 Å². The maximum atomic E-state index is 11.7. The second kappa shape index (κ2) is 5.02. The fourth-order valence-electron chi connectivity index (χ4n) is 1.16. The summed E-state index contributed by atoms with van der Waals surface area (Å²) in [6.45, 7) is 2.68. The molecular weight excluding hydrogens is 180 g/mol. The van der Waals surface area contributed by atoms with Crippen molar-refractivity contribution in [2.75, 3.05) is 13.1 Å². The summed E-state index contributed by atoms with van der Waals surface area (Å²) >= 11 is 0. The van der Waals surface area contributed by atoms with Gasteiger partial charge in [0.2, 0.25) is 0 Å². The Morgan fingerprint density at radius 1 is 1.79 bits per heavy atom. The molecule has 1 N–H and O–H groups in total. The van der Waals surface area contributed by atoms with Crippen LogP contribution in [-0.2, 0) is 0 Å². The Morgan fingerprint density at radius 2 is 2.57 bits per heavy atom. The van der Waals surface area contributed by atoms with E-state index in [0.717, 1.165) is 6.42 Å². The van der Waals surface area contributed by atoms with Gasteiger partial charge in [-0.15, -0.1) is 0 Å². The van der Waals surface area contributed by atoms with E-state index in [9.17, 15) is 4.79 Å². The van der Waals surface area contributed by atoms with Gasteiger partial charge in [0.15, 0.2) is 0 Å². The molecule has 1 rings (SSSR count). The van der Waals surface area contributed by atoms with E-state index in [1.807, 2.05) is 13.0 Å². The van der Waals surface area contributed by atoms with E-state index in [-0.39, 0.29) is 12.5 Å². The first kappa shape index (κ1) is 10.3. The molecule has 0 saturated carbocycles. The lowest BCUT2D eigenvalue weighted by Gasteiger charge is -2.17. The average Bonchev–Trinajstić information content (AvgIpc) is 2.69. The number of nitrogens with zero attached hydrogens (tertiary/aromatic N) is 3. The van der Waals surface area contributed by atoms with Crippen LogP contribution in [0.2, 0.25) is 0 Å². The molecule has 14 heavy (non-hydrogen) atoms. The van der Waals surface area contributed by atoms with Crippen molar-refractivity contribution in [1.82, 2.24) is 15.1 Å². The van der Waals surface area contributed by atoms with Crippen LogP contribution in [0.25, 0.3) is 0 Å². The van der Waals surface area contributed by atoms with E-state index in [1.54, 1.807) is 0 Å². The Labute approximate surface area is 82.3 Å². The van der Waals surface area contributed by atoms with Crippen LogP contribution in [0.5, 0.6) is 0 Å². The van der Waals surface area contributed by atoms with Crippen LogP contribution in [0.1, 0.15) is 23.7 Å². The van der Waals surface area contributed by atoms with Crippen LogP contribution in [-0.4, -0.2) is 34.1 Å². The molecule has 1 aromatic heterocycles. The minimum absolute atomic E-state index is 0.123. The van der Waals surface area contributed by atoms with Gasteiger partial charge in [-0.1, -0.05) is 6.92 Å². The molecule has 1 amide bonds. The van der Waals surface area contributed by atoms with E-state index in [2.05, 4.69) is 10.2 Å². The zero-order valence-electron chi connectivity index (χ0n) is 8.03. The number of hydrogen-bond donors (Lipinski definition) is 1. The standard InChI is InChI=1S/C9H12N4O/c1-2-4-13(5-3-10)9(14)8-6-11-12-7-8/h6-7H,2,4-5H2,1H3,(H,11,12). The maximum Gasteiger partial charge on any atom is 0.257 e. The van der Waals surface area contributed by atoms with E-state index in [1.165, 1.54) is 17.3 Å². The van der Waals surface area contributed by atoms with Crippen molar-refractivity contribution in [2.45, 2.75) is 13.3 Å². The summed E-state index contributed by atoms with van der Waals surface area (Å²) < 4.78 is 0. The van der Waals surface area contributed by atoms with Gasteiger partial charge in [0.1, 0.15) is 6.54 Å². The van der Waals surface area contributed by atoms with Crippen LogP contribution < -0.4 is 0 Å². The molecule has 0 aromatic carbocycles. The van der Waals surface area contributed by atoms with Gasteiger partial charge in [0, 0.05) is 12.7 Å². The molecular formula is C9H12N4O. The highest BCUT2D eigenvalue weighted by molar-refractivity contribution is 5.93. The predicted molar refractivity (Wildman–Crippen MR) is 50.4 cm³/mol. The highest BCUT2D eigenvalue weighted by Crippen LogP contribution is 2.02. The van der Waals surface area contributed by atoms with Gasteiger partial charge >= 0.3 is 0 Å². The third kappa shape index (κ3) is 2.33. The lowest BCUT2D eigenvalue weighted by atomic mass is 10.3. The van der Waals surface area contributed by atoms with Crippen molar-refractivity contribution in [3.8, 4) is 6.07 Å². The summed E-state index contributed by atoms with van der Waals surface area (Å²) in [5.74, 6) is -0.151. The SMILES string of the molecule is CCCN(CC#N)C(=O)c1cn[nH]c1. The van der Waals surface area contributed by atoms with Gasteiger partial charge in [-0.3, -0.25) is 9.89 Å². The minimum Gasteiger partial charge on any atom is -0.325 e. The largest absolute Gasteiger partial charge is 0.325 e. The first-order chi connectivity index (χ1) is 6.79. The predicted octanol–water partition coefficient (Wildman–Crippen LogP) is 0.785. The lowest BCUT2D eigenvalue weighted by Crippen LogP contribution is -2.31. The molecule has 0 bridgehead atoms. The quantitative estimate of drug-likeness (QED) is 0.716. The number of hydrogen-bond acceptors (Lipinski definition) is 3. The molecule has 0 saturated heterocycles. The molecule has 0 radical (unpaired) electrons. The van der Waals surface area contributed by atoms with Crippen LogP contribution >= 0.6 is 0 Å². The second-order valence-electron chi connectivity index (χ2n) is 2.87. The van der Waals surface area contributed by atoms with Gasteiger partial charge in [-0.25, -0.2) is 0 Å². The number of carbonyl (C=O) groups is 1. The number of nitrogens with one attached hydrogen (secondary N) is 1. The number of nitriles is 1. The fourth-order valence-corrected chi connectivity index (χ4v) is 1.16. The van der Waals surface area contributed by atoms with E-state index in [4.69, 9.17) is 5.26 Å². The smallest absolute Gasteiger partial charge is 0.257 e. The highest BCUT2D eigenvalue weighted by Gasteiger charge is 2.14. The molecule has 0 aliphatic heterocycles. The van der Waals surface area contributed by atoms with Crippen molar-refractivity contribution < 1.29 is 4.79 Å². The van der Waals surface area contributed by atoms with Gasteiger partial charge < -0.3 is 4.90 Å². The zero-order valence-corrected chi connectivity index (χ0v) is 8.03. The number of carbonyl (C=O) groups excluding carboxylic acids is 1. The fraction of sp³-hybridized carbons (Fsp3) is 0.444. The molecule has 74 valence electrons. The summed E-state index contributed by atoms with van der Waals surface area (Å²) in [7, 11) is 0. The first-order valence-corrected chi connectivity index (χ1v) is 4.44. The molecule has 0 aliphatic carbocycles. The lowest BCUT2D eigenvalue weighted by molar-refractivity contribution is 0.0776. The maximum absolute atomic E-state index is 11.7. The number of rotatable bonds is 4. The number of amides is 1. The normalized spacial score (nSPS) is 9.43. The molecule has 5 nitrogen and oxygen atoms in total. The van der Waals surface area contributed by atoms with Gasteiger partial charge in [0.25, 0.3) is 5.91 Å². The van der Waals surface area contributed by atoms with Crippen molar-refractivity contribution in [1.29, 1.82) is 5.26 Å². The van der Waals surface area contributed by atoms with Crippen molar-refractivity contribution >= 4 is 5.91 Å². The van der Waals surface area contributed by atoms with Crippen molar-refractivity contribution in [3.05, 3.63) is 18.0 Å². The summed E-state index contributed by atoms with van der Waals surface area (Å²) in [5.41, 5.74) is 0.494. The molecule has 5 heteroatoms. The second-order valence-corrected chi connectivity index (χ2v) is 2.87. The molecule has 0 spiro atoms.